The van der Waals surface area contributed by atoms with Gasteiger partial charge in [0.1, 0.15) is 17.3 Å². The number of halogens is 2. The third-order valence-corrected chi connectivity index (χ3v) is 4.56. The van der Waals surface area contributed by atoms with Gasteiger partial charge in [-0.05, 0) is 48.9 Å². The Kier molecular flexibility index (Phi) is 7.32. The van der Waals surface area contributed by atoms with Crippen LogP contribution in [0.2, 0.25) is 10.0 Å². The summed E-state index contributed by atoms with van der Waals surface area (Å²) in [4.78, 5) is 16.4. The maximum absolute atomic E-state index is 12.0. The Morgan fingerprint density at radius 2 is 1.97 bits per heavy atom. The minimum absolute atomic E-state index is 0.0989. The lowest BCUT2D eigenvalue weighted by Crippen LogP contribution is -2.23. The summed E-state index contributed by atoms with van der Waals surface area (Å²) in [6, 6.07) is 12.4. The molecule has 0 saturated carbocycles. The highest BCUT2D eigenvalue weighted by molar-refractivity contribution is 6.35. The van der Waals surface area contributed by atoms with E-state index in [1.54, 1.807) is 25.3 Å². The lowest BCUT2D eigenvalue weighted by molar-refractivity contribution is -0.121. The number of nitrogens with one attached hydrogen (secondary N) is 2. The number of aromatic amines is 1. The van der Waals surface area contributed by atoms with Gasteiger partial charge in [-0.2, -0.15) is 5.10 Å². The van der Waals surface area contributed by atoms with E-state index >= 15 is 0 Å². The molecule has 7 nitrogen and oxygen atoms in total. The van der Waals surface area contributed by atoms with E-state index in [2.05, 4.69) is 20.5 Å². The van der Waals surface area contributed by atoms with Crippen molar-refractivity contribution in [1.29, 1.82) is 0 Å². The fourth-order valence-electron chi connectivity index (χ4n) is 2.52. The van der Waals surface area contributed by atoms with Crippen molar-refractivity contribution in [1.82, 2.24) is 20.5 Å². The Balaban J connectivity index is 1.39. The first-order valence-corrected chi connectivity index (χ1v) is 9.71. The normalized spacial score (nSPS) is 10.6. The fourth-order valence-corrected chi connectivity index (χ4v) is 2.98. The molecule has 3 rings (SSSR count). The zero-order valence-corrected chi connectivity index (χ0v) is 17.3. The summed E-state index contributed by atoms with van der Waals surface area (Å²) in [6.07, 6.45) is 0.878. The van der Waals surface area contributed by atoms with E-state index in [1.807, 2.05) is 24.3 Å². The maximum atomic E-state index is 12.0. The molecule has 9 heteroatoms. The number of carbonyl (C=O) groups is 1. The summed E-state index contributed by atoms with van der Waals surface area (Å²) < 4.78 is 10.7. The lowest BCUT2D eigenvalue weighted by Gasteiger charge is -2.08. The van der Waals surface area contributed by atoms with Crippen molar-refractivity contribution >= 4 is 29.1 Å². The van der Waals surface area contributed by atoms with Gasteiger partial charge in [0, 0.05) is 17.0 Å². The summed E-state index contributed by atoms with van der Waals surface area (Å²) >= 11 is 11.9. The van der Waals surface area contributed by atoms with Crippen LogP contribution in [-0.4, -0.2) is 34.8 Å². The van der Waals surface area contributed by atoms with Crippen molar-refractivity contribution < 1.29 is 14.3 Å². The monoisotopic (exact) mass is 434 g/mol. The predicted molar refractivity (Wildman–Crippen MR) is 111 cm³/mol. The molecule has 0 saturated heterocycles. The molecule has 0 radical (unpaired) electrons. The summed E-state index contributed by atoms with van der Waals surface area (Å²) in [5.74, 6) is 2.35. The van der Waals surface area contributed by atoms with E-state index in [0.717, 1.165) is 11.3 Å². The van der Waals surface area contributed by atoms with Crippen LogP contribution in [0.15, 0.2) is 42.5 Å². The number of nitrogens with zero attached hydrogens (tertiary/aromatic N) is 2. The molecule has 0 aliphatic carbocycles. The van der Waals surface area contributed by atoms with Crippen LogP contribution in [0.4, 0.5) is 0 Å². The van der Waals surface area contributed by atoms with Crippen LogP contribution in [0.25, 0.3) is 11.4 Å². The molecule has 29 heavy (non-hydrogen) atoms. The molecule has 1 heterocycles. The Morgan fingerprint density at radius 1 is 1.17 bits per heavy atom. The van der Waals surface area contributed by atoms with E-state index in [4.69, 9.17) is 32.7 Å². The molecular formula is C20H20Cl2N4O3. The Morgan fingerprint density at radius 3 is 2.69 bits per heavy atom. The minimum Gasteiger partial charge on any atom is -0.497 e. The number of carbonyl (C=O) groups excluding carboxylic acids is 1. The SMILES string of the molecule is COc1ccc(-c2n[nH]c(CNC(=O)CCCOc3ccc(Cl)cc3Cl)n2)cc1. The number of aromatic nitrogens is 3. The number of hydrogen-bond donors (Lipinski definition) is 2. The third-order valence-electron chi connectivity index (χ3n) is 4.03. The first-order chi connectivity index (χ1) is 14.0. The van der Waals surface area contributed by atoms with Gasteiger partial charge in [0.05, 0.1) is 25.3 Å². The molecule has 0 atom stereocenters. The van der Waals surface area contributed by atoms with Crippen molar-refractivity contribution in [3.05, 3.63) is 58.3 Å². The Bertz CT molecular complexity index is 961. The number of benzene rings is 2. The van der Waals surface area contributed by atoms with Crippen LogP contribution in [0.3, 0.4) is 0 Å². The Labute approximate surface area is 178 Å². The van der Waals surface area contributed by atoms with Gasteiger partial charge in [0.15, 0.2) is 5.82 Å². The molecule has 1 amide bonds. The standard InChI is InChI=1S/C20H20Cl2N4O3/c1-28-15-7-4-13(5-8-15)20-24-18(25-26-20)12-23-19(27)3-2-10-29-17-9-6-14(21)11-16(17)22/h4-9,11H,2-3,10,12H2,1H3,(H,23,27)(H,24,25,26). The van der Waals surface area contributed by atoms with Gasteiger partial charge in [-0.15, -0.1) is 0 Å². The van der Waals surface area contributed by atoms with Crippen LogP contribution in [0.1, 0.15) is 18.7 Å². The molecule has 2 aromatic carbocycles. The van der Waals surface area contributed by atoms with Gasteiger partial charge in [0.2, 0.25) is 5.91 Å². The molecule has 2 N–H and O–H groups in total. The second kappa shape index (κ2) is 10.1. The maximum Gasteiger partial charge on any atom is 0.220 e. The van der Waals surface area contributed by atoms with E-state index in [0.29, 0.717) is 46.9 Å². The molecule has 0 bridgehead atoms. The summed E-state index contributed by atoms with van der Waals surface area (Å²) in [6.45, 7) is 0.643. The lowest BCUT2D eigenvalue weighted by atomic mass is 10.2. The van der Waals surface area contributed by atoms with Crippen molar-refractivity contribution in [2.24, 2.45) is 0 Å². The van der Waals surface area contributed by atoms with Crippen molar-refractivity contribution in [3.8, 4) is 22.9 Å². The molecule has 152 valence electrons. The molecule has 0 spiro atoms. The fraction of sp³-hybridized carbons (Fsp3) is 0.250. The van der Waals surface area contributed by atoms with Crippen molar-refractivity contribution in [3.63, 3.8) is 0 Å². The zero-order chi connectivity index (χ0) is 20.6. The highest BCUT2D eigenvalue weighted by Gasteiger charge is 2.08. The smallest absolute Gasteiger partial charge is 0.220 e. The first kappa shape index (κ1) is 21.0. The van der Waals surface area contributed by atoms with Crippen LogP contribution in [0, 0.1) is 0 Å². The van der Waals surface area contributed by atoms with E-state index in [9.17, 15) is 4.79 Å². The van der Waals surface area contributed by atoms with Crippen LogP contribution in [-0.2, 0) is 11.3 Å². The van der Waals surface area contributed by atoms with Crippen LogP contribution in [0.5, 0.6) is 11.5 Å². The summed E-state index contributed by atoms with van der Waals surface area (Å²) in [5.41, 5.74) is 0.859. The average molecular weight is 435 g/mol. The number of hydrogen-bond acceptors (Lipinski definition) is 5. The number of rotatable bonds is 9. The van der Waals surface area contributed by atoms with Gasteiger partial charge in [-0.1, -0.05) is 23.2 Å². The molecule has 0 unspecified atom stereocenters. The number of methoxy groups -OCH3 is 1. The largest absolute Gasteiger partial charge is 0.497 e. The van der Waals surface area contributed by atoms with E-state index in [-0.39, 0.29) is 12.5 Å². The van der Waals surface area contributed by atoms with Crippen molar-refractivity contribution in [2.45, 2.75) is 19.4 Å². The topological polar surface area (TPSA) is 89.1 Å². The molecular weight excluding hydrogens is 415 g/mol. The van der Waals surface area contributed by atoms with Gasteiger partial charge in [-0.25, -0.2) is 4.98 Å². The average Bonchev–Trinajstić information content (AvgIpc) is 3.20. The number of amides is 1. The second-order valence-electron chi connectivity index (χ2n) is 6.14. The van der Waals surface area contributed by atoms with E-state index < -0.39 is 0 Å². The highest BCUT2D eigenvalue weighted by atomic mass is 35.5. The molecule has 0 fully saturated rings. The summed E-state index contributed by atoms with van der Waals surface area (Å²) in [7, 11) is 1.61. The van der Waals surface area contributed by atoms with Crippen molar-refractivity contribution in [2.75, 3.05) is 13.7 Å². The van der Waals surface area contributed by atoms with Gasteiger partial charge in [0.25, 0.3) is 0 Å². The molecule has 3 aromatic rings. The highest BCUT2D eigenvalue weighted by Crippen LogP contribution is 2.27. The van der Waals surface area contributed by atoms with Crippen LogP contribution >= 0.6 is 23.2 Å². The Hall–Kier alpha value is -2.77. The second-order valence-corrected chi connectivity index (χ2v) is 6.98. The van der Waals surface area contributed by atoms with E-state index in [1.165, 1.54) is 0 Å². The first-order valence-electron chi connectivity index (χ1n) is 8.95. The van der Waals surface area contributed by atoms with Gasteiger partial charge in [-0.3, -0.25) is 9.89 Å². The summed E-state index contributed by atoms with van der Waals surface area (Å²) in [5, 5.41) is 10.8. The van der Waals surface area contributed by atoms with Crippen LogP contribution < -0.4 is 14.8 Å². The predicted octanol–water partition coefficient (Wildman–Crippen LogP) is 4.26. The number of H-pyrrole nitrogens is 1. The molecule has 0 aliphatic heterocycles. The third kappa shape index (κ3) is 6.10. The number of ether oxygens (including phenoxy) is 2. The molecule has 1 aromatic heterocycles. The molecule has 0 aliphatic rings. The van der Waals surface area contributed by atoms with Gasteiger partial charge >= 0.3 is 0 Å². The minimum atomic E-state index is -0.0989. The zero-order valence-electron chi connectivity index (χ0n) is 15.7. The quantitative estimate of drug-likeness (QED) is 0.491. The van der Waals surface area contributed by atoms with Gasteiger partial charge < -0.3 is 14.8 Å².